The summed E-state index contributed by atoms with van der Waals surface area (Å²) in [5.74, 6) is 0.833. The molecule has 0 saturated carbocycles. The second-order valence-corrected chi connectivity index (χ2v) is 11.6. The standard InChI is InChI=1S/C38H36BN3/c1-25-19-27(3)37(28(4)20-25)39(38-29(5)21-26(2)22-30(38)6)33-12-15-34(16-13-33)42(36-17-18-40-24-41-36)35-14-11-31-9-7-8-10-32(31)23-35/h7-24H,1-6H3. The molecule has 0 aliphatic carbocycles. The molecule has 0 radical (unpaired) electrons. The Balaban J connectivity index is 1.51. The molecule has 0 aliphatic rings. The summed E-state index contributed by atoms with van der Waals surface area (Å²) in [4.78, 5) is 11.0. The third kappa shape index (κ3) is 5.21. The Morgan fingerprint density at radius 2 is 1.10 bits per heavy atom. The Labute approximate surface area is 250 Å². The van der Waals surface area contributed by atoms with Crippen LogP contribution in [0.5, 0.6) is 0 Å². The van der Waals surface area contributed by atoms with Crippen LogP contribution in [-0.2, 0) is 0 Å². The molecule has 0 spiro atoms. The van der Waals surface area contributed by atoms with Gasteiger partial charge in [-0.1, -0.05) is 116 Å². The van der Waals surface area contributed by atoms with Crippen molar-refractivity contribution in [1.29, 1.82) is 0 Å². The molecule has 0 saturated heterocycles. The minimum absolute atomic E-state index is 0.133. The van der Waals surface area contributed by atoms with E-state index in [4.69, 9.17) is 0 Å². The van der Waals surface area contributed by atoms with E-state index in [0.29, 0.717) is 0 Å². The number of aryl methyl sites for hydroxylation is 6. The zero-order chi connectivity index (χ0) is 29.4. The van der Waals surface area contributed by atoms with Crippen LogP contribution in [0.2, 0.25) is 0 Å². The normalized spacial score (nSPS) is 11.1. The van der Waals surface area contributed by atoms with Crippen molar-refractivity contribution in [3.63, 3.8) is 0 Å². The van der Waals surface area contributed by atoms with Gasteiger partial charge >= 0.3 is 0 Å². The molecular formula is C38H36BN3. The number of fused-ring (bicyclic) bond motifs is 1. The lowest BCUT2D eigenvalue weighted by Gasteiger charge is -2.27. The van der Waals surface area contributed by atoms with E-state index in [9.17, 15) is 0 Å². The van der Waals surface area contributed by atoms with Gasteiger partial charge in [0, 0.05) is 17.6 Å². The van der Waals surface area contributed by atoms with Crippen molar-refractivity contribution in [2.24, 2.45) is 0 Å². The van der Waals surface area contributed by atoms with E-state index in [2.05, 4.69) is 147 Å². The topological polar surface area (TPSA) is 29.0 Å². The third-order valence-electron chi connectivity index (χ3n) is 8.32. The summed E-state index contributed by atoms with van der Waals surface area (Å²) in [6.07, 6.45) is 3.41. The van der Waals surface area contributed by atoms with Crippen molar-refractivity contribution in [1.82, 2.24) is 9.97 Å². The van der Waals surface area contributed by atoms with Gasteiger partial charge in [-0.15, -0.1) is 0 Å². The van der Waals surface area contributed by atoms with Gasteiger partial charge in [-0.2, -0.15) is 0 Å². The van der Waals surface area contributed by atoms with Crippen molar-refractivity contribution in [2.45, 2.75) is 41.5 Å². The largest absolute Gasteiger partial charge is 0.295 e. The molecule has 0 bridgehead atoms. The van der Waals surface area contributed by atoms with Crippen LogP contribution in [0.25, 0.3) is 10.8 Å². The van der Waals surface area contributed by atoms with Crippen molar-refractivity contribution in [2.75, 3.05) is 4.90 Å². The van der Waals surface area contributed by atoms with Gasteiger partial charge < -0.3 is 0 Å². The fraction of sp³-hybridized carbons (Fsp3) is 0.158. The van der Waals surface area contributed by atoms with E-state index >= 15 is 0 Å². The molecule has 6 rings (SSSR count). The van der Waals surface area contributed by atoms with E-state index in [1.807, 2.05) is 6.07 Å². The summed E-state index contributed by atoms with van der Waals surface area (Å²) < 4.78 is 0. The van der Waals surface area contributed by atoms with Crippen molar-refractivity contribution in [3.05, 3.63) is 143 Å². The monoisotopic (exact) mass is 545 g/mol. The second kappa shape index (κ2) is 11.3. The zero-order valence-corrected chi connectivity index (χ0v) is 25.3. The molecule has 0 atom stereocenters. The SMILES string of the molecule is Cc1cc(C)c(B(c2ccc(N(c3ccc4ccccc4c3)c3ccncn3)cc2)c2c(C)cc(C)cc2C)c(C)c1. The first kappa shape index (κ1) is 27.5. The minimum atomic E-state index is 0.133. The van der Waals surface area contributed by atoms with E-state index in [1.165, 1.54) is 60.5 Å². The summed E-state index contributed by atoms with van der Waals surface area (Å²) in [5, 5.41) is 2.41. The molecule has 0 aliphatic heterocycles. The molecule has 1 heterocycles. The predicted molar refractivity (Wildman–Crippen MR) is 180 cm³/mol. The van der Waals surface area contributed by atoms with Crippen LogP contribution in [0.15, 0.2) is 110 Å². The Bertz CT molecular complexity index is 1790. The van der Waals surface area contributed by atoms with E-state index in [0.717, 1.165) is 17.2 Å². The Hall–Kier alpha value is -4.70. The number of nitrogens with zero attached hydrogens (tertiary/aromatic N) is 3. The van der Waals surface area contributed by atoms with Crippen molar-refractivity contribution < 1.29 is 0 Å². The third-order valence-corrected chi connectivity index (χ3v) is 8.32. The van der Waals surface area contributed by atoms with E-state index in [-0.39, 0.29) is 6.71 Å². The first-order valence-corrected chi connectivity index (χ1v) is 14.6. The molecule has 0 unspecified atom stereocenters. The predicted octanol–water partition coefficient (Wildman–Crippen LogP) is 7.47. The van der Waals surface area contributed by atoms with Crippen LogP contribution >= 0.6 is 0 Å². The molecule has 42 heavy (non-hydrogen) atoms. The van der Waals surface area contributed by atoms with Crippen LogP contribution in [0.3, 0.4) is 0 Å². The number of anilines is 3. The summed E-state index contributed by atoms with van der Waals surface area (Å²) in [6, 6.07) is 35.3. The van der Waals surface area contributed by atoms with Crippen molar-refractivity contribution >= 4 is 51.1 Å². The molecular weight excluding hydrogens is 509 g/mol. The molecule has 5 aromatic carbocycles. The van der Waals surface area contributed by atoms with Gasteiger partial charge in [-0.3, -0.25) is 4.90 Å². The fourth-order valence-electron chi connectivity index (χ4n) is 6.73. The summed E-state index contributed by atoms with van der Waals surface area (Å²) in [6.45, 7) is 13.5. The maximum absolute atomic E-state index is 4.64. The number of hydrogen-bond donors (Lipinski definition) is 0. The Morgan fingerprint density at radius 3 is 1.64 bits per heavy atom. The first-order valence-electron chi connectivity index (χ1n) is 14.6. The smallest absolute Gasteiger partial charge is 0.242 e. The van der Waals surface area contributed by atoms with Crippen LogP contribution in [0, 0.1) is 41.5 Å². The molecule has 4 heteroatoms. The number of aromatic nitrogens is 2. The lowest BCUT2D eigenvalue weighted by atomic mass is 9.34. The maximum Gasteiger partial charge on any atom is 0.242 e. The van der Waals surface area contributed by atoms with Crippen LogP contribution in [-0.4, -0.2) is 16.7 Å². The molecule has 1 aromatic heterocycles. The fourth-order valence-corrected chi connectivity index (χ4v) is 6.73. The quantitative estimate of drug-likeness (QED) is 0.203. The zero-order valence-electron chi connectivity index (χ0n) is 25.3. The van der Waals surface area contributed by atoms with Gasteiger partial charge in [0.1, 0.15) is 12.1 Å². The highest BCUT2D eigenvalue weighted by Crippen LogP contribution is 2.34. The molecule has 206 valence electrons. The highest BCUT2D eigenvalue weighted by molar-refractivity contribution is 6.96. The maximum atomic E-state index is 4.64. The molecule has 0 amide bonds. The van der Waals surface area contributed by atoms with E-state index in [1.54, 1.807) is 12.5 Å². The minimum Gasteiger partial charge on any atom is -0.295 e. The highest BCUT2D eigenvalue weighted by atomic mass is 15.2. The van der Waals surface area contributed by atoms with Crippen molar-refractivity contribution in [3.8, 4) is 0 Å². The average molecular weight is 546 g/mol. The van der Waals surface area contributed by atoms with Gasteiger partial charge in [0.05, 0.1) is 0 Å². The first-order chi connectivity index (χ1) is 20.3. The van der Waals surface area contributed by atoms with Gasteiger partial charge in [-0.25, -0.2) is 9.97 Å². The second-order valence-electron chi connectivity index (χ2n) is 11.6. The van der Waals surface area contributed by atoms with Crippen LogP contribution in [0.4, 0.5) is 17.2 Å². The summed E-state index contributed by atoms with van der Waals surface area (Å²) >= 11 is 0. The number of benzene rings is 5. The lowest BCUT2D eigenvalue weighted by molar-refractivity contribution is 1.11. The van der Waals surface area contributed by atoms with Crippen LogP contribution in [0.1, 0.15) is 33.4 Å². The van der Waals surface area contributed by atoms with Gasteiger partial charge in [-0.05, 0) is 82.6 Å². The molecule has 0 fully saturated rings. The molecule has 3 nitrogen and oxygen atoms in total. The molecule has 6 aromatic rings. The average Bonchev–Trinajstić information content (AvgIpc) is 2.96. The number of rotatable bonds is 6. The molecule has 0 N–H and O–H groups in total. The van der Waals surface area contributed by atoms with Gasteiger partial charge in [0.15, 0.2) is 0 Å². The summed E-state index contributed by atoms with van der Waals surface area (Å²) in [5.41, 5.74) is 14.1. The van der Waals surface area contributed by atoms with Crippen LogP contribution < -0.4 is 21.3 Å². The Kier molecular flexibility index (Phi) is 7.39. The van der Waals surface area contributed by atoms with Gasteiger partial charge in [0.25, 0.3) is 0 Å². The lowest BCUT2D eigenvalue weighted by Crippen LogP contribution is -2.55. The number of hydrogen-bond acceptors (Lipinski definition) is 3. The van der Waals surface area contributed by atoms with Gasteiger partial charge in [0.2, 0.25) is 6.71 Å². The Morgan fingerprint density at radius 1 is 0.548 bits per heavy atom. The summed E-state index contributed by atoms with van der Waals surface area (Å²) in [7, 11) is 0. The highest BCUT2D eigenvalue weighted by Gasteiger charge is 2.28. The van der Waals surface area contributed by atoms with E-state index < -0.39 is 0 Å².